The molecule has 0 aliphatic carbocycles. The van der Waals surface area contributed by atoms with Gasteiger partial charge < -0.3 is 15.5 Å². The van der Waals surface area contributed by atoms with Crippen LogP contribution in [0.2, 0.25) is 0 Å². The summed E-state index contributed by atoms with van der Waals surface area (Å²) in [7, 11) is 2.52. The van der Waals surface area contributed by atoms with Gasteiger partial charge in [0.25, 0.3) is 0 Å². The Morgan fingerprint density at radius 3 is 2.41 bits per heavy atom. The number of halogens is 1. The molecule has 150 valence electrons. The fourth-order valence-electron chi connectivity index (χ4n) is 2.21. The summed E-state index contributed by atoms with van der Waals surface area (Å²) < 4.78 is 22.9. The van der Waals surface area contributed by atoms with Crippen molar-refractivity contribution in [2.24, 2.45) is 4.99 Å². The summed E-state index contributed by atoms with van der Waals surface area (Å²) in [6.45, 7) is 1.30. The molecule has 0 radical (unpaired) electrons. The highest BCUT2D eigenvalue weighted by Gasteiger charge is 2.07. The van der Waals surface area contributed by atoms with Crippen LogP contribution in [-0.4, -0.2) is 53.3 Å². The van der Waals surface area contributed by atoms with Crippen LogP contribution in [0.15, 0.2) is 39.5 Å². The minimum Gasteiger partial charge on any atom is -0.356 e. The highest BCUT2D eigenvalue weighted by Crippen LogP contribution is 2.17. The van der Waals surface area contributed by atoms with Gasteiger partial charge >= 0.3 is 0 Å². The molecule has 0 bridgehead atoms. The van der Waals surface area contributed by atoms with E-state index in [1.807, 2.05) is 36.5 Å². The molecule has 0 atom stereocenters. The summed E-state index contributed by atoms with van der Waals surface area (Å²) in [5.41, 5.74) is 2.04. The largest absolute Gasteiger partial charge is 0.356 e. The van der Waals surface area contributed by atoms with Gasteiger partial charge in [-0.3, -0.25) is 4.99 Å². The van der Waals surface area contributed by atoms with Gasteiger partial charge in [0.2, 0.25) is 0 Å². The maximum atomic E-state index is 11.5. The van der Waals surface area contributed by atoms with Gasteiger partial charge in [-0.1, -0.05) is 12.1 Å². The van der Waals surface area contributed by atoms with Crippen molar-refractivity contribution in [1.82, 2.24) is 15.6 Å². The molecule has 2 N–H and O–H groups in total. The predicted octanol–water partition coefficient (Wildman–Crippen LogP) is 2.14. The minimum atomic E-state index is -3.15. The number of hydrogen-bond acceptors (Lipinski definition) is 6. The Bertz CT molecular complexity index is 848. The third kappa shape index (κ3) is 7.62. The Morgan fingerprint density at radius 1 is 1.22 bits per heavy atom. The van der Waals surface area contributed by atoms with Crippen molar-refractivity contribution >= 4 is 56.2 Å². The quantitative estimate of drug-likeness (QED) is 0.329. The summed E-state index contributed by atoms with van der Waals surface area (Å²) in [6, 6.07) is 6.96. The van der Waals surface area contributed by atoms with E-state index in [9.17, 15) is 8.42 Å². The van der Waals surface area contributed by atoms with Crippen LogP contribution < -0.4 is 15.5 Å². The van der Waals surface area contributed by atoms with Gasteiger partial charge in [-0.2, -0.15) is 0 Å². The third-order valence-corrected chi connectivity index (χ3v) is 5.83. The smallest absolute Gasteiger partial charge is 0.191 e. The van der Waals surface area contributed by atoms with Gasteiger partial charge in [0.05, 0.1) is 17.1 Å². The lowest BCUT2D eigenvalue weighted by Gasteiger charge is -2.11. The van der Waals surface area contributed by atoms with Crippen molar-refractivity contribution in [1.29, 1.82) is 0 Å². The summed E-state index contributed by atoms with van der Waals surface area (Å²) in [4.78, 5) is 11.0. The molecular formula is C17H26IN5O2S2. The summed E-state index contributed by atoms with van der Waals surface area (Å²) in [6.07, 6.45) is 1.98. The zero-order valence-electron chi connectivity index (χ0n) is 15.9. The topological polar surface area (TPSA) is 86.7 Å². The molecule has 7 nitrogen and oxygen atoms in total. The van der Waals surface area contributed by atoms with E-state index in [2.05, 4.69) is 20.6 Å². The highest BCUT2D eigenvalue weighted by molar-refractivity contribution is 14.0. The normalized spacial score (nSPS) is 11.6. The van der Waals surface area contributed by atoms with Crippen molar-refractivity contribution in [3.8, 4) is 0 Å². The van der Waals surface area contributed by atoms with E-state index in [0.717, 1.165) is 22.8 Å². The zero-order chi connectivity index (χ0) is 19.2. The molecule has 27 heavy (non-hydrogen) atoms. The monoisotopic (exact) mass is 523 g/mol. The number of nitrogens with zero attached hydrogens (tertiary/aromatic N) is 3. The first-order valence-electron chi connectivity index (χ1n) is 8.15. The first-order chi connectivity index (χ1) is 12.3. The van der Waals surface area contributed by atoms with E-state index in [1.54, 1.807) is 30.5 Å². The van der Waals surface area contributed by atoms with Crippen LogP contribution in [0.4, 0.5) is 5.13 Å². The fraction of sp³-hybridized carbons (Fsp3) is 0.412. The first kappa shape index (κ1) is 23.6. The van der Waals surface area contributed by atoms with Crippen LogP contribution in [0.5, 0.6) is 0 Å². The predicted molar refractivity (Wildman–Crippen MR) is 123 cm³/mol. The van der Waals surface area contributed by atoms with E-state index >= 15 is 0 Å². The number of sulfone groups is 1. The van der Waals surface area contributed by atoms with E-state index in [4.69, 9.17) is 0 Å². The SMILES string of the molecule is CN=C(NCCc1ccc(S(C)(=O)=O)cc1)NCc1csc(N(C)C)n1.I. The molecule has 10 heteroatoms. The van der Waals surface area contributed by atoms with E-state index in [0.29, 0.717) is 23.9 Å². The average Bonchev–Trinajstić information content (AvgIpc) is 3.07. The molecule has 0 unspecified atom stereocenters. The van der Waals surface area contributed by atoms with Gasteiger partial charge in [0.15, 0.2) is 20.9 Å². The average molecular weight is 523 g/mol. The number of aliphatic imine (C=N–C) groups is 1. The third-order valence-electron chi connectivity index (χ3n) is 3.64. The summed E-state index contributed by atoms with van der Waals surface area (Å²) >= 11 is 1.61. The Hall–Kier alpha value is -1.40. The number of thiazole rings is 1. The summed E-state index contributed by atoms with van der Waals surface area (Å²) in [5, 5.41) is 9.49. The van der Waals surface area contributed by atoms with Crippen molar-refractivity contribution in [3.05, 3.63) is 40.9 Å². The number of nitrogens with one attached hydrogen (secondary N) is 2. The first-order valence-corrected chi connectivity index (χ1v) is 10.9. The Morgan fingerprint density at radius 2 is 1.89 bits per heavy atom. The van der Waals surface area contributed by atoms with E-state index < -0.39 is 9.84 Å². The number of hydrogen-bond donors (Lipinski definition) is 2. The molecule has 0 fully saturated rings. The van der Waals surface area contributed by atoms with Crippen LogP contribution >= 0.6 is 35.3 Å². The molecule has 2 aromatic rings. The van der Waals surface area contributed by atoms with Gasteiger partial charge in [-0.05, 0) is 24.1 Å². The minimum absolute atomic E-state index is 0. The maximum absolute atomic E-state index is 11.5. The molecule has 0 spiro atoms. The number of rotatable bonds is 7. The lowest BCUT2D eigenvalue weighted by molar-refractivity contribution is 0.602. The molecule has 0 aliphatic heterocycles. The molecule has 0 amide bonds. The molecule has 2 rings (SSSR count). The summed E-state index contributed by atoms with van der Waals surface area (Å²) in [5.74, 6) is 0.706. The van der Waals surface area contributed by atoms with Crippen LogP contribution in [0.1, 0.15) is 11.3 Å². The molecule has 0 saturated heterocycles. The lowest BCUT2D eigenvalue weighted by Crippen LogP contribution is -2.37. The number of aromatic nitrogens is 1. The van der Waals surface area contributed by atoms with Crippen molar-refractivity contribution < 1.29 is 8.42 Å². The van der Waals surface area contributed by atoms with E-state index in [1.165, 1.54) is 6.26 Å². The molecular weight excluding hydrogens is 497 g/mol. The Kier molecular flexibility index (Phi) is 9.47. The Balaban J connectivity index is 0.00000364. The molecule has 1 heterocycles. The molecule has 1 aromatic heterocycles. The standard InChI is InChI=1S/C17H25N5O2S2.HI/c1-18-16(20-11-14-12-25-17(21-14)22(2)3)19-10-9-13-5-7-15(8-6-13)26(4,23)24;/h5-8,12H,9-11H2,1-4H3,(H2,18,19,20);1H. The van der Waals surface area contributed by atoms with Gasteiger partial charge in [-0.25, -0.2) is 13.4 Å². The van der Waals surface area contributed by atoms with E-state index in [-0.39, 0.29) is 24.0 Å². The maximum Gasteiger partial charge on any atom is 0.191 e. The second-order valence-electron chi connectivity index (χ2n) is 6.03. The molecule has 0 aliphatic rings. The highest BCUT2D eigenvalue weighted by atomic mass is 127. The van der Waals surface area contributed by atoms with Crippen molar-refractivity contribution in [2.45, 2.75) is 17.9 Å². The van der Waals surface area contributed by atoms with Gasteiger partial charge in [0.1, 0.15) is 0 Å². The van der Waals surface area contributed by atoms with Crippen LogP contribution in [0.25, 0.3) is 0 Å². The number of anilines is 1. The molecule has 0 saturated carbocycles. The van der Waals surface area contributed by atoms with Gasteiger partial charge in [0, 0.05) is 39.3 Å². The van der Waals surface area contributed by atoms with Gasteiger partial charge in [-0.15, -0.1) is 35.3 Å². The van der Waals surface area contributed by atoms with Crippen molar-refractivity contribution in [3.63, 3.8) is 0 Å². The van der Waals surface area contributed by atoms with Crippen LogP contribution in [0.3, 0.4) is 0 Å². The number of benzene rings is 1. The zero-order valence-corrected chi connectivity index (χ0v) is 19.9. The fourth-order valence-corrected chi connectivity index (χ4v) is 3.60. The lowest BCUT2D eigenvalue weighted by atomic mass is 10.1. The van der Waals surface area contributed by atoms with Crippen LogP contribution in [-0.2, 0) is 22.8 Å². The van der Waals surface area contributed by atoms with Crippen LogP contribution in [0, 0.1) is 0 Å². The molecule has 1 aromatic carbocycles. The number of guanidine groups is 1. The van der Waals surface area contributed by atoms with Crippen molar-refractivity contribution in [2.75, 3.05) is 38.8 Å². The Labute approximate surface area is 182 Å². The second-order valence-corrected chi connectivity index (χ2v) is 8.89. The second kappa shape index (κ2) is 10.8.